The van der Waals surface area contributed by atoms with Crippen LogP contribution in [-0.4, -0.2) is 80.7 Å². The fraction of sp³-hybridized carbons (Fsp3) is 0.407. The summed E-state index contributed by atoms with van der Waals surface area (Å²) in [4.78, 5) is 65.6. The highest BCUT2D eigenvalue weighted by molar-refractivity contribution is 7.81. The van der Waals surface area contributed by atoms with Gasteiger partial charge in [0.2, 0.25) is 11.9 Å². The van der Waals surface area contributed by atoms with Gasteiger partial charge in [0.1, 0.15) is 19.3 Å². The van der Waals surface area contributed by atoms with Gasteiger partial charge >= 0.3 is 12.2 Å². The Morgan fingerprint density at radius 2 is 1.52 bits per heavy atom. The number of piperidine rings is 1. The van der Waals surface area contributed by atoms with E-state index in [9.17, 15) is 34.6 Å². The maximum atomic E-state index is 13.2. The number of nitrogens with zero attached hydrogens (tertiary/aromatic N) is 5. The number of benzene rings is 2. The van der Waals surface area contributed by atoms with E-state index >= 15 is 0 Å². The quantitative estimate of drug-likeness (QED) is 0.127. The molecule has 0 radical (unpaired) electrons. The molecule has 0 bridgehead atoms. The van der Waals surface area contributed by atoms with E-state index in [4.69, 9.17) is 15.2 Å². The number of hydrogen-bond donors (Lipinski definition) is 3. The number of nitrogens with two attached hydrogens (primary N) is 1. The maximum absolute atomic E-state index is 13.2. The van der Waals surface area contributed by atoms with Crippen LogP contribution in [0.25, 0.3) is 0 Å². The Balaban J connectivity index is 1.27. The van der Waals surface area contributed by atoms with Crippen LogP contribution in [0, 0.1) is 20.2 Å². The molecule has 234 valence electrons. The monoisotopic (exact) mass is 629 g/mol. The molecule has 2 saturated heterocycles. The van der Waals surface area contributed by atoms with Gasteiger partial charge in [0.25, 0.3) is 11.4 Å². The Kier molecular flexibility index (Phi) is 10.5. The number of ether oxygens (including phenoxy) is 2. The van der Waals surface area contributed by atoms with Crippen molar-refractivity contribution in [2.75, 3.05) is 19.6 Å². The summed E-state index contributed by atoms with van der Waals surface area (Å²) in [6.07, 6.45) is -0.0151. The number of amides is 3. The van der Waals surface area contributed by atoms with Gasteiger partial charge in [0.15, 0.2) is 0 Å². The molecule has 0 saturated carbocycles. The number of rotatable bonds is 8. The van der Waals surface area contributed by atoms with Crippen molar-refractivity contribution in [1.29, 1.82) is 0 Å². The zero-order chi connectivity index (χ0) is 31.8. The van der Waals surface area contributed by atoms with Gasteiger partial charge in [-0.3, -0.25) is 29.9 Å². The molecule has 2 aromatic carbocycles. The largest absolute Gasteiger partial charge is 0.445 e. The predicted molar refractivity (Wildman–Crippen MR) is 159 cm³/mol. The second-order valence-corrected chi connectivity index (χ2v) is 11.0. The number of aliphatic imine (C=N–C) groups is 1. The van der Waals surface area contributed by atoms with Crippen molar-refractivity contribution in [1.82, 2.24) is 15.1 Å². The Hall–Kier alpha value is -4.93. The summed E-state index contributed by atoms with van der Waals surface area (Å²) >= 11 is 4.46. The highest BCUT2D eigenvalue weighted by Crippen LogP contribution is 2.24. The van der Waals surface area contributed by atoms with E-state index in [2.05, 4.69) is 22.9 Å². The van der Waals surface area contributed by atoms with Crippen LogP contribution < -0.4 is 11.1 Å². The molecule has 0 spiro atoms. The molecule has 0 unspecified atom stereocenters. The second-order valence-electron chi connectivity index (χ2n) is 10.3. The molecule has 3 atom stereocenters. The van der Waals surface area contributed by atoms with Crippen molar-refractivity contribution in [3.05, 3.63) is 79.9 Å². The number of nitro groups is 2. The lowest BCUT2D eigenvalue weighted by atomic mass is 10.1. The number of carbonyl (C=O) groups is 3. The first-order chi connectivity index (χ1) is 21.0. The van der Waals surface area contributed by atoms with E-state index in [0.717, 1.165) is 0 Å². The minimum atomic E-state index is -0.930. The lowest BCUT2D eigenvalue weighted by Gasteiger charge is -2.34. The predicted octanol–water partition coefficient (Wildman–Crippen LogP) is 2.74. The van der Waals surface area contributed by atoms with Gasteiger partial charge in [-0.1, -0.05) is 0 Å². The molecule has 2 aliphatic rings. The van der Waals surface area contributed by atoms with Gasteiger partial charge in [-0.15, -0.1) is 4.99 Å². The third-order valence-electron chi connectivity index (χ3n) is 7.13. The first-order valence-corrected chi connectivity index (χ1v) is 14.2. The Labute approximate surface area is 256 Å². The molecule has 0 aliphatic carbocycles. The van der Waals surface area contributed by atoms with E-state index < -0.39 is 28.1 Å². The van der Waals surface area contributed by atoms with Crippen molar-refractivity contribution in [2.24, 2.45) is 10.7 Å². The molecule has 3 N–H and O–H groups in total. The van der Waals surface area contributed by atoms with Gasteiger partial charge in [-0.2, -0.15) is 12.6 Å². The Morgan fingerprint density at radius 1 is 0.955 bits per heavy atom. The van der Waals surface area contributed by atoms with Gasteiger partial charge in [-0.05, 0) is 54.7 Å². The minimum Gasteiger partial charge on any atom is -0.445 e. The number of nitrogens with one attached hydrogen (secondary N) is 1. The first-order valence-electron chi connectivity index (χ1n) is 13.6. The van der Waals surface area contributed by atoms with Gasteiger partial charge < -0.3 is 25.4 Å². The average molecular weight is 630 g/mol. The van der Waals surface area contributed by atoms with Crippen LogP contribution in [0.4, 0.5) is 21.0 Å². The summed E-state index contributed by atoms with van der Waals surface area (Å²) in [6.45, 7) is 0.718. The summed E-state index contributed by atoms with van der Waals surface area (Å²) in [5.41, 5.74) is 6.98. The molecule has 44 heavy (non-hydrogen) atoms. The lowest BCUT2D eigenvalue weighted by Crippen LogP contribution is -2.55. The van der Waals surface area contributed by atoms with Crippen molar-refractivity contribution in [3.8, 4) is 0 Å². The van der Waals surface area contributed by atoms with Crippen LogP contribution in [-0.2, 0) is 27.5 Å². The van der Waals surface area contributed by atoms with Crippen molar-refractivity contribution >= 4 is 48.1 Å². The van der Waals surface area contributed by atoms with Crippen molar-refractivity contribution in [2.45, 2.75) is 49.8 Å². The molecule has 3 amide bonds. The summed E-state index contributed by atoms with van der Waals surface area (Å²) in [6, 6.07) is 10.0. The number of carbonyl (C=O) groups excluding carboxylic acids is 3. The summed E-state index contributed by atoms with van der Waals surface area (Å²) < 4.78 is 10.5. The topological polar surface area (TPSA) is 213 Å². The molecule has 0 aromatic heterocycles. The third kappa shape index (κ3) is 8.56. The van der Waals surface area contributed by atoms with Crippen LogP contribution in [0.5, 0.6) is 0 Å². The SMILES string of the molecule is NC(=NC(=O)OCc1ccc([N+](=O)[O-])cc1)N1CCC[C@H](NC(=O)[C@@H]2C[C@H](S)CN2C(=O)OCc2ccc([N+](=O)[O-])cc2)C1. The normalized spacial score (nSPS) is 20.1. The van der Waals surface area contributed by atoms with Crippen LogP contribution >= 0.6 is 12.6 Å². The number of likely N-dealkylation sites (tertiary alicyclic amines) is 2. The molecule has 2 heterocycles. The highest BCUT2D eigenvalue weighted by atomic mass is 32.1. The number of hydrogen-bond acceptors (Lipinski definition) is 10. The lowest BCUT2D eigenvalue weighted by molar-refractivity contribution is -0.385. The number of thiol groups is 1. The van der Waals surface area contributed by atoms with Gasteiger partial charge in [-0.25, -0.2) is 9.59 Å². The van der Waals surface area contributed by atoms with E-state index in [-0.39, 0.29) is 60.8 Å². The smallest absolute Gasteiger partial charge is 0.437 e. The Bertz CT molecular complexity index is 1420. The molecule has 2 aromatic rings. The highest BCUT2D eigenvalue weighted by Gasteiger charge is 2.40. The molecule has 16 nitrogen and oxygen atoms in total. The number of nitro benzene ring substituents is 2. The fourth-order valence-corrected chi connectivity index (χ4v) is 5.24. The first kappa shape index (κ1) is 32.0. The van der Waals surface area contributed by atoms with Crippen molar-refractivity contribution in [3.63, 3.8) is 0 Å². The average Bonchev–Trinajstić information content (AvgIpc) is 3.41. The molecule has 2 fully saturated rings. The van der Waals surface area contributed by atoms with E-state index in [1.54, 1.807) is 4.90 Å². The zero-order valence-electron chi connectivity index (χ0n) is 23.4. The van der Waals surface area contributed by atoms with Crippen molar-refractivity contribution < 1.29 is 33.7 Å². The second kappa shape index (κ2) is 14.5. The van der Waals surface area contributed by atoms with Crippen LogP contribution in [0.2, 0.25) is 0 Å². The summed E-state index contributed by atoms with van der Waals surface area (Å²) in [7, 11) is 0. The number of guanidine groups is 1. The minimum absolute atomic E-state index is 0.0783. The molecule has 4 rings (SSSR count). The molecular weight excluding hydrogens is 598 g/mol. The molecule has 17 heteroatoms. The van der Waals surface area contributed by atoms with Gasteiger partial charge in [0.05, 0.1) is 9.85 Å². The van der Waals surface area contributed by atoms with E-state index in [0.29, 0.717) is 36.9 Å². The molecule has 2 aliphatic heterocycles. The third-order valence-corrected chi connectivity index (χ3v) is 7.51. The molecular formula is C27H31N7O9S. The Morgan fingerprint density at radius 3 is 2.09 bits per heavy atom. The summed E-state index contributed by atoms with van der Waals surface area (Å²) in [5, 5.41) is 24.3. The standard InChI is InChI=1S/C27H31N7O9S/c28-25(30-26(36)42-15-17-3-7-20(8-4-17)33(38)39)31-11-1-2-19(13-31)29-24(35)23-12-22(44)14-32(23)27(37)43-16-18-5-9-21(10-6-18)34(40)41/h3-10,19,22-23,44H,1-2,11-16H2,(H,29,35)(H2,28,30,36)/t19-,22-,23-/m0/s1. The van der Waals surface area contributed by atoms with Crippen LogP contribution in [0.1, 0.15) is 30.4 Å². The van der Waals surface area contributed by atoms with Gasteiger partial charge in [0, 0.05) is 55.2 Å². The van der Waals surface area contributed by atoms with E-state index in [1.807, 2.05) is 0 Å². The van der Waals surface area contributed by atoms with Crippen LogP contribution in [0.3, 0.4) is 0 Å². The van der Waals surface area contributed by atoms with E-state index in [1.165, 1.54) is 53.4 Å². The fourth-order valence-electron chi connectivity index (χ4n) is 4.86. The van der Waals surface area contributed by atoms with Crippen LogP contribution in [0.15, 0.2) is 53.5 Å². The zero-order valence-corrected chi connectivity index (χ0v) is 24.3. The summed E-state index contributed by atoms with van der Waals surface area (Å²) in [5.74, 6) is -0.455. The maximum Gasteiger partial charge on any atom is 0.437 e. The number of non-ortho nitro benzene ring substituents is 2.